The third-order valence-corrected chi connectivity index (χ3v) is 2.59. The molecule has 0 aromatic heterocycles. The summed E-state index contributed by atoms with van der Waals surface area (Å²) in [7, 11) is 0. The van der Waals surface area contributed by atoms with Crippen LogP contribution in [0.5, 0.6) is 0 Å². The molecule has 0 radical (unpaired) electrons. The Kier molecular flexibility index (Phi) is 4.91. The van der Waals surface area contributed by atoms with E-state index in [1.54, 1.807) is 0 Å². The van der Waals surface area contributed by atoms with Gasteiger partial charge in [0.05, 0.1) is 0 Å². The van der Waals surface area contributed by atoms with E-state index in [0.29, 0.717) is 0 Å². The Bertz CT molecular complexity index is 307. The summed E-state index contributed by atoms with van der Waals surface area (Å²) in [6.45, 7) is 7.89. The molecule has 2 heteroatoms. The van der Waals surface area contributed by atoms with Crippen molar-refractivity contribution in [2.75, 3.05) is 6.54 Å². The Morgan fingerprint density at radius 2 is 2.29 bits per heavy atom. The molecule has 1 nitrogen and oxygen atoms in total. The van der Waals surface area contributed by atoms with Crippen LogP contribution in [0.2, 0.25) is 0 Å². The topological polar surface area (TPSA) is 12.0 Å². The lowest BCUT2D eigenvalue weighted by molar-refractivity contribution is 0.727. The van der Waals surface area contributed by atoms with Crippen LogP contribution in [-0.2, 0) is 6.54 Å². The summed E-state index contributed by atoms with van der Waals surface area (Å²) in [5.74, 6) is 0. The van der Waals surface area contributed by atoms with Crippen molar-refractivity contribution in [3.05, 3.63) is 46.5 Å². The molecule has 0 heterocycles. The highest BCUT2D eigenvalue weighted by atomic mass is 79.9. The molecular formula is C12H16BrN. The summed E-state index contributed by atoms with van der Waals surface area (Å²) >= 11 is 3.45. The number of hydrogen-bond acceptors (Lipinski definition) is 1. The molecule has 0 aliphatic heterocycles. The van der Waals surface area contributed by atoms with E-state index >= 15 is 0 Å². The van der Waals surface area contributed by atoms with Gasteiger partial charge in [0, 0.05) is 17.6 Å². The van der Waals surface area contributed by atoms with Gasteiger partial charge in [-0.25, -0.2) is 0 Å². The molecular weight excluding hydrogens is 238 g/mol. The summed E-state index contributed by atoms with van der Waals surface area (Å²) in [6, 6.07) is 8.33. The minimum absolute atomic E-state index is 0.901. The van der Waals surface area contributed by atoms with Crippen LogP contribution < -0.4 is 5.32 Å². The van der Waals surface area contributed by atoms with Gasteiger partial charge < -0.3 is 5.32 Å². The van der Waals surface area contributed by atoms with E-state index in [2.05, 4.69) is 52.9 Å². The largest absolute Gasteiger partial charge is 0.309 e. The molecule has 1 aromatic rings. The standard InChI is InChI=1S/C12H16BrN/c1-3-10(2)8-14-9-11-5-4-6-12(13)7-11/h4-7,14H,2-3,8-9H2,1H3. The zero-order valence-corrected chi connectivity index (χ0v) is 10.1. The Morgan fingerprint density at radius 1 is 1.50 bits per heavy atom. The summed E-state index contributed by atoms with van der Waals surface area (Å²) < 4.78 is 1.13. The van der Waals surface area contributed by atoms with Crippen LogP contribution in [0.25, 0.3) is 0 Å². The normalized spacial score (nSPS) is 10.1. The van der Waals surface area contributed by atoms with Gasteiger partial charge in [-0.15, -0.1) is 0 Å². The van der Waals surface area contributed by atoms with E-state index in [-0.39, 0.29) is 0 Å². The smallest absolute Gasteiger partial charge is 0.0208 e. The Morgan fingerprint density at radius 3 is 2.93 bits per heavy atom. The average molecular weight is 254 g/mol. The van der Waals surface area contributed by atoms with Gasteiger partial charge in [-0.05, 0) is 24.1 Å². The first-order chi connectivity index (χ1) is 6.72. The van der Waals surface area contributed by atoms with E-state index in [1.807, 2.05) is 6.07 Å². The van der Waals surface area contributed by atoms with Crippen molar-refractivity contribution in [3.8, 4) is 0 Å². The number of benzene rings is 1. The molecule has 0 amide bonds. The monoisotopic (exact) mass is 253 g/mol. The number of hydrogen-bond donors (Lipinski definition) is 1. The molecule has 0 bridgehead atoms. The first-order valence-electron chi connectivity index (χ1n) is 4.84. The van der Waals surface area contributed by atoms with Crippen molar-refractivity contribution >= 4 is 15.9 Å². The van der Waals surface area contributed by atoms with Crippen molar-refractivity contribution in [1.29, 1.82) is 0 Å². The second-order valence-corrected chi connectivity index (χ2v) is 4.25. The minimum Gasteiger partial charge on any atom is -0.309 e. The van der Waals surface area contributed by atoms with Gasteiger partial charge in [0.25, 0.3) is 0 Å². The van der Waals surface area contributed by atoms with Crippen molar-refractivity contribution in [1.82, 2.24) is 5.32 Å². The quantitative estimate of drug-likeness (QED) is 0.793. The highest BCUT2D eigenvalue weighted by Crippen LogP contribution is 2.11. The fourth-order valence-electron chi connectivity index (χ4n) is 1.16. The van der Waals surface area contributed by atoms with Gasteiger partial charge in [-0.1, -0.05) is 47.1 Å². The van der Waals surface area contributed by atoms with Crippen LogP contribution in [0.4, 0.5) is 0 Å². The predicted molar refractivity (Wildman–Crippen MR) is 65.3 cm³/mol. The molecule has 1 aromatic carbocycles. The lowest BCUT2D eigenvalue weighted by atomic mass is 10.2. The summed E-state index contributed by atoms with van der Waals surface area (Å²) in [5, 5.41) is 3.36. The first kappa shape index (κ1) is 11.5. The van der Waals surface area contributed by atoms with Crippen molar-refractivity contribution < 1.29 is 0 Å². The Balaban J connectivity index is 2.35. The van der Waals surface area contributed by atoms with Crippen LogP contribution in [0.3, 0.4) is 0 Å². The maximum Gasteiger partial charge on any atom is 0.0208 e. The van der Waals surface area contributed by atoms with E-state index in [9.17, 15) is 0 Å². The zero-order chi connectivity index (χ0) is 10.4. The second-order valence-electron chi connectivity index (χ2n) is 3.34. The molecule has 1 rings (SSSR count). The van der Waals surface area contributed by atoms with Crippen LogP contribution in [-0.4, -0.2) is 6.54 Å². The average Bonchev–Trinajstić information content (AvgIpc) is 2.17. The summed E-state index contributed by atoms with van der Waals surface area (Å²) in [5.41, 5.74) is 2.54. The Labute approximate surface area is 94.3 Å². The molecule has 1 N–H and O–H groups in total. The SMILES string of the molecule is C=C(CC)CNCc1cccc(Br)c1. The molecule has 0 fully saturated rings. The van der Waals surface area contributed by atoms with E-state index in [1.165, 1.54) is 11.1 Å². The maximum atomic E-state index is 3.95. The van der Waals surface area contributed by atoms with Gasteiger partial charge >= 0.3 is 0 Å². The minimum atomic E-state index is 0.901. The van der Waals surface area contributed by atoms with Crippen molar-refractivity contribution in [2.45, 2.75) is 19.9 Å². The highest BCUT2D eigenvalue weighted by molar-refractivity contribution is 9.10. The predicted octanol–water partition coefficient (Wildman–Crippen LogP) is 3.50. The van der Waals surface area contributed by atoms with Gasteiger partial charge in [0.2, 0.25) is 0 Å². The van der Waals surface area contributed by atoms with Gasteiger partial charge in [0.1, 0.15) is 0 Å². The molecule has 0 unspecified atom stereocenters. The molecule has 0 saturated carbocycles. The van der Waals surface area contributed by atoms with Crippen LogP contribution in [0, 0.1) is 0 Å². The number of rotatable bonds is 5. The third-order valence-electron chi connectivity index (χ3n) is 2.09. The lowest BCUT2D eigenvalue weighted by Gasteiger charge is -2.06. The molecule has 0 aliphatic carbocycles. The van der Waals surface area contributed by atoms with Gasteiger partial charge in [-0.3, -0.25) is 0 Å². The molecule has 0 saturated heterocycles. The van der Waals surface area contributed by atoms with Crippen LogP contribution in [0.15, 0.2) is 40.9 Å². The summed E-state index contributed by atoms with van der Waals surface area (Å²) in [4.78, 5) is 0. The lowest BCUT2D eigenvalue weighted by Crippen LogP contribution is -2.15. The summed E-state index contributed by atoms with van der Waals surface area (Å²) in [6.07, 6.45) is 1.05. The fraction of sp³-hybridized carbons (Fsp3) is 0.333. The zero-order valence-electron chi connectivity index (χ0n) is 8.52. The van der Waals surface area contributed by atoms with Crippen LogP contribution >= 0.6 is 15.9 Å². The fourth-order valence-corrected chi connectivity index (χ4v) is 1.60. The Hall–Kier alpha value is -0.600. The molecule has 0 atom stereocenters. The van der Waals surface area contributed by atoms with Crippen molar-refractivity contribution in [3.63, 3.8) is 0 Å². The first-order valence-corrected chi connectivity index (χ1v) is 5.63. The second kappa shape index (κ2) is 5.99. The molecule has 76 valence electrons. The van der Waals surface area contributed by atoms with Crippen LogP contribution in [0.1, 0.15) is 18.9 Å². The van der Waals surface area contributed by atoms with E-state index in [0.717, 1.165) is 24.0 Å². The van der Waals surface area contributed by atoms with Gasteiger partial charge in [-0.2, -0.15) is 0 Å². The van der Waals surface area contributed by atoms with Gasteiger partial charge in [0.15, 0.2) is 0 Å². The van der Waals surface area contributed by atoms with E-state index < -0.39 is 0 Å². The molecule has 0 aliphatic rings. The maximum absolute atomic E-state index is 3.95. The number of halogens is 1. The highest BCUT2D eigenvalue weighted by Gasteiger charge is 1.94. The molecule has 14 heavy (non-hydrogen) atoms. The third kappa shape index (κ3) is 4.07. The van der Waals surface area contributed by atoms with Crippen molar-refractivity contribution in [2.24, 2.45) is 0 Å². The number of nitrogens with one attached hydrogen (secondary N) is 1. The molecule has 0 spiro atoms. The van der Waals surface area contributed by atoms with E-state index in [4.69, 9.17) is 0 Å².